The van der Waals surface area contributed by atoms with Crippen molar-refractivity contribution in [1.82, 2.24) is 34.3 Å². The van der Waals surface area contributed by atoms with Crippen molar-refractivity contribution in [3.05, 3.63) is 78.9 Å². The van der Waals surface area contributed by atoms with Crippen LogP contribution in [0.15, 0.2) is 83.8 Å². The standard InChI is InChI=1S/C20H17N7O2S/c28-30(29,16-8-2-1-3-9-16)25(14-26-19-12-6-4-10-17(19)21-23-26)15-27-20-13-7-5-11-18(20)22-24-27/h1-13H,14-15H2. The fourth-order valence-electron chi connectivity index (χ4n) is 3.28. The molecule has 10 heteroatoms. The molecule has 150 valence electrons. The van der Waals surface area contributed by atoms with Crippen LogP contribution in [0.3, 0.4) is 0 Å². The van der Waals surface area contributed by atoms with E-state index in [9.17, 15) is 8.42 Å². The maximum atomic E-state index is 13.5. The van der Waals surface area contributed by atoms with E-state index >= 15 is 0 Å². The molecule has 0 amide bonds. The van der Waals surface area contributed by atoms with Crippen LogP contribution in [0.5, 0.6) is 0 Å². The van der Waals surface area contributed by atoms with Crippen LogP contribution in [0.4, 0.5) is 0 Å². The number of fused-ring (bicyclic) bond motifs is 2. The van der Waals surface area contributed by atoms with Gasteiger partial charge in [0, 0.05) is 0 Å². The molecule has 2 aromatic heterocycles. The zero-order chi connectivity index (χ0) is 20.6. The van der Waals surface area contributed by atoms with Gasteiger partial charge in [-0.1, -0.05) is 52.9 Å². The summed E-state index contributed by atoms with van der Waals surface area (Å²) in [6.07, 6.45) is 0. The van der Waals surface area contributed by atoms with Gasteiger partial charge in [0.25, 0.3) is 0 Å². The van der Waals surface area contributed by atoms with Crippen molar-refractivity contribution >= 4 is 32.1 Å². The third kappa shape index (κ3) is 3.21. The van der Waals surface area contributed by atoms with Crippen molar-refractivity contribution in [1.29, 1.82) is 0 Å². The second-order valence-electron chi connectivity index (χ2n) is 6.71. The Bertz CT molecular complexity index is 1350. The Hall–Kier alpha value is -3.63. The van der Waals surface area contributed by atoms with Gasteiger partial charge in [0.15, 0.2) is 0 Å². The van der Waals surface area contributed by atoms with E-state index in [2.05, 4.69) is 20.6 Å². The first-order chi connectivity index (χ1) is 14.6. The van der Waals surface area contributed by atoms with Crippen molar-refractivity contribution in [3.8, 4) is 0 Å². The molecule has 0 saturated heterocycles. The van der Waals surface area contributed by atoms with Gasteiger partial charge in [-0.25, -0.2) is 17.8 Å². The fraction of sp³-hybridized carbons (Fsp3) is 0.100. The van der Waals surface area contributed by atoms with E-state index in [1.165, 1.54) is 4.31 Å². The normalized spacial score (nSPS) is 12.2. The largest absolute Gasteiger partial charge is 0.246 e. The molecule has 0 aliphatic heterocycles. The first kappa shape index (κ1) is 18.4. The Morgan fingerprint density at radius 3 is 1.67 bits per heavy atom. The van der Waals surface area contributed by atoms with E-state index in [1.807, 2.05) is 48.5 Å². The molecule has 30 heavy (non-hydrogen) atoms. The molecule has 0 atom stereocenters. The van der Waals surface area contributed by atoms with Crippen LogP contribution in [0.25, 0.3) is 22.1 Å². The summed E-state index contributed by atoms with van der Waals surface area (Å²) in [5, 5.41) is 16.6. The van der Waals surface area contributed by atoms with Gasteiger partial charge in [0.05, 0.1) is 15.9 Å². The van der Waals surface area contributed by atoms with E-state index in [0.717, 1.165) is 11.0 Å². The van der Waals surface area contributed by atoms with Gasteiger partial charge < -0.3 is 0 Å². The molecule has 0 radical (unpaired) electrons. The molecule has 5 aromatic rings. The number of sulfonamides is 1. The van der Waals surface area contributed by atoms with Gasteiger partial charge in [-0.05, 0) is 36.4 Å². The maximum absolute atomic E-state index is 13.5. The van der Waals surface area contributed by atoms with Crippen LogP contribution in [0, 0.1) is 0 Å². The first-order valence-electron chi connectivity index (χ1n) is 9.24. The third-order valence-corrected chi connectivity index (χ3v) is 6.58. The van der Waals surface area contributed by atoms with Gasteiger partial charge in [-0.3, -0.25) is 0 Å². The second-order valence-corrected chi connectivity index (χ2v) is 8.65. The highest BCUT2D eigenvalue weighted by Gasteiger charge is 2.27. The second kappa shape index (κ2) is 7.32. The third-order valence-electron chi connectivity index (χ3n) is 4.80. The van der Waals surface area contributed by atoms with Gasteiger partial charge in [0.2, 0.25) is 10.0 Å². The Morgan fingerprint density at radius 2 is 1.13 bits per heavy atom. The molecule has 0 fully saturated rings. The number of nitrogens with zero attached hydrogens (tertiary/aromatic N) is 7. The van der Waals surface area contributed by atoms with Crippen molar-refractivity contribution in [2.75, 3.05) is 0 Å². The van der Waals surface area contributed by atoms with E-state index in [-0.39, 0.29) is 18.2 Å². The summed E-state index contributed by atoms with van der Waals surface area (Å²) >= 11 is 0. The lowest BCUT2D eigenvalue weighted by Gasteiger charge is -2.22. The van der Waals surface area contributed by atoms with Gasteiger partial charge in [-0.15, -0.1) is 10.2 Å². The van der Waals surface area contributed by atoms with Gasteiger partial charge in [-0.2, -0.15) is 4.31 Å². The molecule has 0 unspecified atom stereocenters. The number of hydrogen-bond donors (Lipinski definition) is 0. The Kier molecular flexibility index (Phi) is 4.49. The van der Waals surface area contributed by atoms with Crippen molar-refractivity contribution in [3.63, 3.8) is 0 Å². The smallest absolute Gasteiger partial charge is 0.229 e. The molecule has 0 bridgehead atoms. The topological polar surface area (TPSA) is 98.8 Å². The van der Waals surface area contributed by atoms with Crippen molar-refractivity contribution in [2.24, 2.45) is 0 Å². The summed E-state index contributed by atoms with van der Waals surface area (Å²) in [6, 6.07) is 23.1. The Balaban J connectivity index is 1.58. The first-order valence-corrected chi connectivity index (χ1v) is 10.7. The quantitative estimate of drug-likeness (QED) is 0.419. The number of hydrogen-bond acceptors (Lipinski definition) is 6. The van der Waals surface area contributed by atoms with Gasteiger partial charge in [0.1, 0.15) is 24.4 Å². The lowest BCUT2D eigenvalue weighted by Crippen LogP contribution is -2.35. The minimum Gasteiger partial charge on any atom is -0.229 e. The van der Waals surface area contributed by atoms with Crippen LogP contribution in [-0.4, -0.2) is 42.7 Å². The summed E-state index contributed by atoms with van der Waals surface area (Å²) in [7, 11) is -3.83. The lowest BCUT2D eigenvalue weighted by molar-refractivity contribution is 0.268. The Labute approximate surface area is 172 Å². The van der Waals surface area contributed by atoms with Gasteiger partial charge >= 0.3 is 0 Å². The molecule has 2 heterocycles. The number of benzene rings is 3. The highest BCUT2D eigenvalue weighted by Crippen LogP contribution is 2.20. The molecule has 0 spiro atoms. The summed E-state index contributed by atoms with van der Waals surface area (Å²) in [5.74, 6) is 0. The van der Waals surface area contributed by atoms with Crippen LogP contribution in [0.2, 0.25) is 0 Å². The molecular weight excluding hydrogens is 402 g/mol. The maximum Gasteiger partial charge on any atom is 0.246 e. The number of para-hydroxylation sites is 2. The summed E-state index contributed by atoms with van der Waals surface area (Å²) in [6.45, 7) is -0.0438. The monoisotopic (exact) mass is 419 g/mol. The predicted octanol–water partition coefficient (Wildman–Crippen LogP) is 2.48. The molecule has 0 saturated carbocycles. The molecule has 5 rings (SSSR count). The zero-order valence-corrected chi connectivity index (χ0v) is 16.6. The zero-order valence-electron chi connectivity index (χ0n) is 15.8. The molecular formula is C20H17N7O2S. The summed E-state index contributed by atoms with van der Waals surface area (Å²) < 4.78 is 31.4. The molecule has 9 nitrogen and oxygen atoms in total. The lowest BCUT2D eigenvalue weighted by atomic mass is 10.3. The SMILES string of the molecule is O=S(=O)(c1ccccc1)N(Cn1nnc2ccccc21)Cn1nnc2ccccc21. The molecule has 0 N–H and O–H groups in total. The average Bonchev–Trinajstić information content (AvgIpc) is 3.38. The van der Waals surface area contributed by atoms with Crippen LogP contribution >= 0.6 is 0 Å². The molecule has 3 aromatic carbocycles. The molecule has 0 aliphatic rings. The van der Waals surface area contributed by atoms with Crippen molar-refractivity contribution in [2.45, 2.75) is 18.2 Å². The Morgan fingerprint density at radius 1 is 0.667 bits per heavy atom. The van der Waals surface area contributed by atoms with Crippen molar-refractivity contribution < 1.29 is 8.42 Å². The van der Waals surface area contributed by atoms with E-state index < -0.39 is 10.0 Å². The van der Waals surface area contributed by atoms with E-state index in [4.69, 9.17) is 0 Å². The van der Waals surface area contributed by atoms with Crippen LogP contribution in [0.1, 0.15) is 0 Å². The predicted molar refractivity (Wildman–Crippen MR) is 111 cm³/mol. The highest BCUT2D eigenvalue weighted by molar-refractivity contribution is 7.89. The number of aromatic nitrogens is 6. The minimum absolute atomic E-state index is 0.0219. The van der Waals surface area contributed by atoms with E-state index in [1.54, 1.807) is 39.7 Å². The van der Waals surface area contributed by atoms with Crippen LogP contribution < -0.4 is 0 Å². The summed E-state index contributed by atoms with van der Waals surface area (Å²) in [5.41, 5.74) is 2.88. The van der Waals surface area contributed by atoms with E-state index in [0.29, 0.717) is 11.0 Å². The van der Waals surface area contributed by atoms with Crippen LogP contribution in [-0.2, 0) is 23.4 Å². The number of rotatable bonds is 6. The highest BCUT2D eigenvalue weighted by atomic mass is 32.2. The average molecular weight is 419 g/mol. The molecule has 0 aliphatic carbocycles. The fourth-order valence-corrected chi connectivity index (χ4v) is 4.60. The minimum atomic E-state index is -3.83. The summed E-state index contributed by atoms with van der Waals surface area (Å²) in [4.78, 5) is 0.193.